The molecule has 0 aliphatic carbocycles. The average Bonchev–Trinajstić information content (AvgIpc) is 2.41. The number of anilines is 1. The molecule has 1 N–H and O–H groups in total. The van der Waals surface area contributed by atoms with Crippen LogP contribution < -0.4 is 4.90 Å². The van der Waals surface area contributed by atoms with Gasteiger partial charge in [0.15, 0.2) is 0 Å². The van der Waals surface area contributed by atoms with E-state index in [9.17, 15) is 4.79 Å². The molecule has 2 aromatic rings. The van der Waals surface area contributed by atoms with Crippen molar-refractivity contribution < 1.29 is 9.90 Å². The minimum absolute atomic E-state index is 0.0632. The number of carboxylic acid groups (broad SMARTS) is 1. The van der Waals surface area contributed by atoms with E-state index >= 15 is 0 Å². The summed E-state index contributed by atoms with van der Waals surface area (Å²) in [7, 11) is 1.87. The summed E-state index contributed by atoms with van der Waals surface area (Å²) in [5.74, 6) is -0.474. The number of hydrogen-bond acceptors (Lipinski definition) is 3. The first kappa shape index (κ1) is 14.3. The highest BCUT2D eigenvalue weighted by Crippen LogP contribution is 2.21. The second kappa shape index (κ2) is 5.92. The zero-order valence-corrected chi connectivity index (χ0v) is 12.1. The van der Waals surface area contributed by atoms with E-state index in [0.717, 1.165) is 0 Å². The standard InChI is InChI=1S/C15H15ClN2O2/c1-10-5-3-4-6-11(10)9-18(2)14-7-12(15(19)20)13(16)8-17-14/h3-8H,9H2,1-2H3,(H,19,20). The van der Waals surface area contributed by atoms with Gasteiger partial charge >= 0.3 is 5.97 Å². The second-order valence-electron chi connectivity index (χ2n) is 4.61. The van der Waals surface area contributed by atoms with Crippen LogP contribution in [0, 0.1) is 6.92 Å². The number of carboxylic acids is 1. The van der Waals surface area contributed by atoms with Crippen LogP contribution in [0.5, 0.6) is 0 Å². The number of nitrogens with zero attached hydrogens (tertiary/aromatic N) is 2. The van der Waals surface area contributed by atoms with Gasteiger partial charge in [0.2, 0.25) is 0 Å². The van der Waals surface area contributed by atoms with Crippen LogP contribution in [0.1, 0.15) is 21.5 Å². The highest BCUT2D eigenvalue weighted by Gasteiger charge is 2.13. The van der Waals surface area contributed by atoms with Gasteiger partial charge in [0, 0.05) is 19.8 Å². The number of halogens is 1. The lowest BCUT2D eigenvalue weighted by Crippen LogP contribution is -2.19. The van der Waals surface area contributed by atoms with Gasteiger partial charge in [-0.1, -0.05) is 35.9 Å². The van der Waals surface area contributed by atoms with Crippen molar-refractivity contribution in [3.63, 3.8) is 0 Å². The number of hydrogen-bond donors (Lipinski definition) is 1. The molecule has 20 heavy (non-hydrogen) atoms. The molecule has 0 fully saturated rings. The van der Waals surface area contributed by atoms with Crippen molar-refractivity contribution >= 4 is 23.4 Å². The van der Waals surface area contributed by atoms with E-state index in [2.05, 4.69) is 4.98 Å². The van der Waals surface area contributed by atoms with Crippen LogP contribution in [-0.4, -0.2) is 23.1 Å². The van der Waals surface area contributed by atoms with Gasteiger partial charge < -0.3 is 10.0 Å². The second-order valence-corrected chi connectivity index (χ2v) is 5.02. The fraction of sp³-hybridized carbons (Fsp3) is 0.200. The van der Waals surface area contributed by atoms with E-state index in [1.54, 1.807) is 0 Å². The molecule has 0 unspecified atom stereocenters. The Morgan fingerprint density at radius 2 is 2.10 bits per heavy atom. The molecule has 0 saturated heterocycles. The first-order valence-corrected chi connectivity index (χ1v) is 6.51. The van der Waals surface area contributed by atoms with Gasteiger partial charge in [0.05, 0.1) is 10.6 Å². The number of carbonyl (C=O) groups is 1. The summed E-state index contributed by atoms with van der Waals surface area (Å²) in [5, 5.41) is 9.22. The summed E-state index contributed by atoms with van der Waals surface area (Å²) in [6, 6.07) is 9.54. The highest BCUT2D eigenvalue weighted by molar-refractivity contribution is 6.33. The summed E-state index contributed by atoms with van der Waals surface area (Å²) in [4.78, 5) is 17.1. The summed E-state index contributed by atoms with van der Waals surface area (Å²) < 4.78 is 0. The summed E-state index contributed by atoms with van der Waals surface area (Å²) in [6.45, 7) is 2.70. The minimum atomic E-state index is -1.05. The zero-order chi connectivity index (χ0) is 14.7. The van der Waals surface area contributed by atoms with Crippen LogP contribution in [0.2, 0.25) is 5.02 Å². The monoisotopic (exact) mass is 290 g/mol. The predicted molar refractivity (Wildman–Crippen MR) is 79.5 cm³/mol. The molecule has 4 nitrogen and oxygen atoms in total. The van der Waals surface area contributed by atoms with Crippen LogP contribution in [0.3, 0.4) is 0 Å². The molecule has 1 heterocycles. The van der Waals surface area contributed by atoms with Crippen molar-refractivity contribution in [3.05, 3.63) is 58.2 Å². The van der Waals surface area contributed by atoms with Crippen LogP contribution in [0.25, 0.3) is 0 Å². The lowest BCUT2D eigenvalue weighted by molar-refractivity contribution is 0.0697. The molecule has 104 valence electrons. The normalized spacial score (nSPS) is 10.3. The molecule has 0 aliphatic rings. The molecule has 1 aromatic heterocycles. The van der Waals surface area contributed by atoms with E-state index in [-0.39, 0.29) is 10.6 Å². The highest BCUT2D eigenvalue weighted by atomic mass is 35.5. The van der Waals surface area contributed by atoms with E-state index in [1.807, 2.05) is 43.1 Å². The molecule has 0 radical (unpaired) electrons. The van der Waals surface area contributed by atoms with Gasteiger partial charge in [0.25, 0.3) is 0 Å². The third kappa shape index (κ3) is 3.08. The number of pyridine rings is 1. The Morgan fingerprint density at radius 3 is 2.75 bits per heavy atom. The van der Waals surface area contributed by atoms with E-state index in [0.29, 0.717) is 12.4 Å². The topological polar surface area (TPSA) is 53.4 Å². The van der Waals surface area contributed by atoms with Crippen molar-refractivity contribution in [2.24, 2.45) is 0 Å². The van der Waals surface area contributed by atoms with Crippen molar-refractivity contribution in [1.29, 1.82) is 0 Å². The molecule has 1 aromatic carbocycles. The van der Waals surface area contributed by atoms with Crippen LogP contribution in [0.4, 0.5) is 5.82 Å². The maximum Gasteiger partial charge on any atom is 0.337 e. The number of aromatic nitrogens is 1. The van der Waals surface area contributed by atoms with E-state index in [4.69, 9.17) is 16.7 Å². The molecule has 0 atom stereocenters. The summed E-state index contributed by atoms with van der Waals surface area (Å²) in [6.07, 6.45) is 1.37. The Bertz CT molecular complexity index is 644. The molecule has 5 heteroatoms. The van der Waals surface area contributed by atoms with Gasteiger partial charge in [-0.3, -0.25) is 0 Å². The molecule has 0 aliphatic heterocycles. The predicted octanol–water partition coefficient (Wildman–Crippen LogP) is 3.38. The minimum Gasteiger partial charge on any atom is -0.478 e. The van der Waals surface area contributed by atoms with E-state index in [1.165, 1.54) is 23.4 Å². The number of aryl methyl sites for hydroxylation is 1. The first-order valence-electron chi connectivity index (χ1n) is 6.13. The Labute approximate surface area is 122 Å². The lowest BCUT2D eigenvalue weighted by Gasteiger charge is -2.20. The van der Waals surface area contributed by atoms with Crippen molar-refractivity contribution in [1.82, 2.24) is 4.98 Å². The van der Waals surface area contributed by atoms with E-state index < -0.39 is 5.97 Å². The molecule has 0 saturated carbocycles. The third-order valence-electron chi connectivity index (χ3n) is 3.13. The van der Waals surface area contributed by atoms with Crippen LogP contribution in [0.15, 0.2) is 36.5 Å². The number of rotatable bonds is 4. The number of aromatic carboxylic acids is 1. The van der Waals surface area contributed by atoms with Crippen LogP contribution in [-0.2, 0) is 6.54 Å². The lowest BCUT2D eigenvalue weighted by atomic mass is 10.1. The zero-order valence-electron chi connectivity index (χ0n) is 11.3. The van der Waals surface area contributed by atoms with Gasteiger partial charge in [-0.25, -0.2) is 9.78 Å². The summed E-state index contributed by atoms with van der Waals surface area (Å²) in [5.41, 5.74) is 2.42. The van der Waals surface area contributed by atoms with Crippen molar-refractivity contribution in [3.8, 4) is 0 Å². The maximum absolute atomic E-state index is 11.1. The Morgan fingerprint density at radius 1 is 1.40 bits per heavy atom. The maximum atomic E-state index is 11.1. The van der Waals surface area contributed by atoms with Gasteiger partial charge in [0.1, 0.15) is 5.82 Å². The van der Waals surface area contributed by atoms with Crippen molar-refractivity contribution in [2.75, 3.05) is 11.9 Å². The first-order chi connectivity index (χ1) is 9.49. The molecular weight excluding hydrogens is 276 g/mol. The van der Waals surface area contributed by atoms with Gasteiger partial charge in [-0.2, -0.15) is 0 Å². The molecule has 2 rings (SSSR count). The fourth-order valence-corrected chi connectivity index (χ4v) is 2.11. The molecule has 0 bridgehead atoms. The smallest absolute Gasteiger partial charge is 0.337 e. The molecule has 0 spiro atoms. The van der Waals surface area contributed by atoms with Crippen LogP contribution >= 0.6 is 11.6 Å². The summed E-state index contributed by atoms with van der Waals surface area (Å²) >= 11 is 5.82. The third-order valence-corrected chi connectivity index (χ3v) is 3.43. The fourth-order valence-electron chi connectivity index (χ4n) is 1.92. The molecule has 0 amide bonds. The quantitative estimate of drug-likeness (QED) is 0.938. The average molecular weight is 291 g/mol. The van der Waals surface area contributed by atoms with Gasteiger partial charge in [-0.15, -0.1) is 0 Å². The Balaban J connectivity index is 2.26. The Kier molecular flexibility index (Phi) is 4.25. The number of benzene rings is 1. The largest absolute Gasteiger partial charge is 0.478 e. The molecular formula is C15H15ClN2O2. The SMILES string of the molecule is Cc1ccccc1CN(C)c1cc(C(=O)O)c(Cl)cn1. The van der Waals surface area contributed by atoms with Crippen molar-refractivity contribution in [2.45, 2.75) is 13.5 Å². The van der Waals surface area contributed by atoms with Gasteiger partial charge in [-0.05, 0) is 24.1 Å². The Hall–Kier alpha value is -2.07.